The van der Waals surface area contributed by atoms with Crippen molar-refractivity contribution in [3.63, 3.8) is 0 Å². The molecule has 0 radical (unpaired) electrons. The molecular weight excluding hydrogens is 405 g/mol. The largest absolute Gasteiger partial charge is 0.377 e. The Hall–Kier alpha value is -2.89. The summed E-state index contributed by atoms with van der Waals surface area (Å²) in [6.07, 6.45) is 1.18. The van der Waals surface area contributed by atoms with Gasteiger partial charge in [-0.25, -0.2) is 4.39 Å². The van der Waals surface area contributed by atoms with E-state index in [0.29, 0.717) is 24.2 Å². The monoisotopic (exact) mass is 441 g/mol. The average Bonchev–Trinajstić information content (AvgIpc) is 2.69. The number of halogens is 1. The Morgan fingerprint density at radius 2 is 1.78 bits per heavy atom. The second-order valence-corrected chi connectivity index (χ2v) is 9.72. The molecule has 0 fully saturated rings. The molecule has 1 N–H and O–H groups in total. The van der Waals surface area contributed by atoms with E-state index in [2.05, 4.69) is 5.32 Å². The predicted octanol–water partition coefficient (Wildman–Crippen LogP) is 5.71. The van der Waals surface area contributed by atoms with Crippen molar-refractivity contribution in [3.8, 4) is 0 Å². The number of nitrogens with one attached hydrogen (secondary N) is 1. The molecule has 0 aliphatic rings. The molecule has 0 unspecified atom stereocenters. The highest BCUT2D eigenvalue weighted by Gasteiger charge is 2.23. The van der Waals surface area contributed by atoms with Gasteiger partial charge < -0.3 is 15.1 Å². The first-order valence-corrected chi connectivity index (χ1v) is 11.1. The summed E-state index contributed by atoms with van der Waals surface area (Å²) in [5.41, 5.74) is 2.78. The first-order chi connectivity index (χ1) is 14.9. The number of hydrogen-bond donors (Lipinski definition) is 1. The van der Waals surface area contributed by atoms with Gasteiger partial charge >= 0.3 is 0 Å². The number of nitrogens with zero attached hydrogens (tertiary/aromatic N) is 2. The van der Waals surface area contributed by atoms with Gasteiger partial charge in [0, 0.05) is 50.0 Å². The van der Waals surface area contributed by atoms with Gasteiger partial charge in [0.1, 0.15) is 5.82 Å². The molecule has 0 aromatic heterocycles. The van der Waals surface area contributed by atoms with Gasteiger partial charge in [-0.05, 0) is 60.7 Å². The Kier molecular flexibility index (Phi) is 8.42. The van der Waals surface area contributed by atoms with Crippen molar-refractivity contribution in [2.45, 2.75) is 60.0 Å². The fraction of sp³-hybridized carbons (Fsp3) is 0.462. The Morgan fingerprint density at radius 3 is 2.34 bits per heavy atom. The predicted molar refractivity (Wildman–Crippen MR) is 129 cm³/mol. The number of carbonyl (C=O) groups is 2. The smallest absolute Gasteiger partial charge is 0.254 e. The molecular formula is C26H36FN3O2. The minimum Gasteiger partial charge on any atom is -0.377 e. The molecule has 0 saturated heterocycles. The van der Waals surface area contributed by atoms with Crippen molar-refractivity contribution in [1.82, 2.24) is 4.90 Å². The van der Waals surface area contributed by atoms with Crippen LogP contribution >= 0.6 is 0 Å². The van der Waals surface area contributed by atoms with Gasteiger partial charge in [0.05, 0.1) is 0 Å². The maximum atomic E-state index is 13.7. The lowest BCUT2D eigenvalue weighted by Crippen LogP contribution is -2.38. The highest BCUT2D eigenvalue weighted by Crippen LogP contribution is 2.27. The Balaban J connectivity index is 2.38. The second-order valence-electron chi connectivity index (χ2n) is 9.72. The van der Waals surface area contributed by atoms with Crippen LogP contribution in [0.4, 0.5) is 15.8 Å². The first-order valence-electron chi connectivity index (χ1n) is 11.1. The van der Waals surface area contributed by atoms with E-state index in [1.54, 1.807) is 17.0 Å². The summed E-state index contributed by atoms with van der Waals surface area (Å²) in [6.45, 7) is 10.4. The summed E-state index contributed by atoms with van der Waals surface area (Å²) < 4.78 is 13.7. The van der Waals surface area contributed by atoms with Gasteiger partial charge in [-0.2, -0.15) is 0 Å². The van der Waals surface area contributed by atoms with E-state index in [1.807, 2.05) is 71.8 Å². The molecule has 0 spiro atoms. The van der Waals surface area contributed by atoms with Crippen LogP contribution in [-0.4, -0.2) is 36.9 Å². The molecule has 32 heavy (non-hydrogen) atoms. The third kappa shape index (κ3) is 7.08. The molecule has 0 saturated carbocycles. The standard InChI is InChI=1S/C26H36FN3O2/c1-8-18(2)30(25(32)19-10-9-11-21(27)14-19)17-20-15-22(12-13-23(20)29(6)7)28-24(31)16-26(3,4)5/h9-15,18H,8,16-17H2,1-7H3,(H,28,31)/t18-/m0/s1. The second kappa shape index (κ2) is 10.6. The zero-order valence-corrected chi connectivity index (χ0v) is 20.3. The van der Waals surface area contributed by atoms with E-state index in [4.69, 9.17) is 0 Å². The van der Waals surface area contributed by atoms with Gasteiger partial charge in [-0.1, -0.05) is 33.8 Å². The van der Waals surface area contributed by atoms with Crippen LogP contribution < -0.4 is 10.2 Å². The maximum Gasteiger partial charge on any atom is 0.254 e. The fourth-order valence-electron chi connectivity index (χ4n) is 3.53. The number of anilines is 2. The molecule has 0 bridgehead atoms. The lowest BCUT2D eigenvalue weighted by Gasteiger charge is -2.31. The number of amides is 2. The number of hydrogen-bond acceptors (Lipinski definition) is 3. The third-order valence-electron chi connectivity index (χ3n) is 5.33. The minimum absolute atomic E-state index is 0.0417. The topological polar surface area (TPSA) is 52.7 Å². The van der Waals surface area contributed by atoms with Gasteiger partial charge in [-0.15, -0.1) is 0 Å². The van der Waals surface area contributed by atoms with Gasteiger partial charge in [0.15, 0.2) is 0 Å². The van der Waals surface area contributed by atoms with E-state index < -0.39 is 5.82 Å². The van der Waals surface area contributed by atoms with Crippen molar-refractivity contribution >= 4 is 23.2 Å². The van der Waals surface area contributed by atoms with Crippen molar-refractivity contribution in [2.24, 2.45) is 5.41 Å². The van der Waals surface area contributed by atoms with E-state index >= 15 is 0 Å². The van der Waals surface area contributed by atoms with Crippen molar-refractivity contribution in [1.29, 1.82) is 0 Å². The number of rotatable bonds is 8. The third-order valence-corrected chi connectivity index (χ3v) is 5.33. The van der Waals surface area contributed by atoms with Crippen LogP contribution in [0.2, 0.25) is 0 Å². The van der Waals surface area contributed by atoms with E-state index in [-0.39, 0.29) is 23.3 Å². The lowest BCUT2D eigenvalue weighted by atomic mass is 9.92. The molecule has 0 heterocycles. The average molecular weight is 442 g/mol. The van der Waals surface area contributed by atoms with Gasteiger partial charge in [0.2, 0.25) is 5.91 Å². The number of benzene rings is 2. The zero-order valence-electron chi connectivity index (χ0n) is 20.3. The van der Waals surface area contributed by atoms with Crippen LogP contribution in [0.5, 0.6) is 0 Å². The van der Waals surface area contributed by atoms with E-state index in [1.165, 1.54) is 12.1 Å². The molecule has 2 amide bonds. The van der Waals surface area contributed by atoms with Crippen LogP contribution in [0.25, 0.3) is 0 Å². The maximum absolute atomic E-state index is 13.7. The zero-order chi connectivity index (χ0) is 24.1. The Labute approximate surface area is 191 Å². The van der Waals surface area contributed by atoms with E-state index in [0.717, 1.165) is 17.7 Å². The molecule has 0 aliphatic carbocycles. The highest BCUT2D eigenvalue weighted by molar-refractivity contribution is 5.94. The normalized spacial score (nSPS) is 12.2. The molecule has 174 valence electrons. The van der Waals surface area contributed by atoms with E-state index in [9.17, 15) is 14.0 Å². The van der Waals surface area contributed by atoms with Crippen LogP contribution in [0.1, 0.15) is 63.4 Å². The van der Waals surface area contributed by atoms with Crippen molar-refractivity contribution in [2.75, 3.05) is 24.3 Å². The lowest BCUT2D eigenvalue weighted by molar-refractivity contribution is -0.117. The Bertz CT molecular complexity index is 950. The van der Waals surface area contributed by atoms with Gasteiger partial charge in [0.25, 0.3) is 5.91 Å². The molecule has 2 rings (SSSR count). The van der Waals surface area contributed by atoms with Crippen LogP contribution in [-0.2, 0) is 11.3 Å². The van der Waals surface area contributed by atoms with Crippen LogP contribution in [0.3, 0.4) is 0 Å². The molecule has 1 atom stereocenters. The molecule has 2 aromatic carbocycles. The Morgan fingerprint density at radius 1 is 1.09 bits per heavy atom. The summed E-state index contributed by atoms with van der Waals surface area (Å²) in [6, 6.07) is 11.5. The quantitative estimate of drug-likeness (QED) is 0.571. The highest BCUT2D eigenvalue weighted by atomic mass is 19.1. The summed E-state index contributed by atoms with van der Waals surface area (Å²) in [5.74, 6) is -0.695. The summed E-state index contributed by atoms with van der Waals surface area (Å²) in [4.78, 5) is 29.5. The van der Waals surface area contributed by atoms with Crippen LogP contribution in [0.15, 0.2) is 42.5 Å². The molecule has 2 aromatic rings. The summed E-state index contributed by atoms with van der Waals surface area (Å²) >= 11 is 0. The molecule has 5 nitrogen and oxygen atoms in total. The fourth-order valence-corrected chi connectivity index (χ4v) is 3.53. The SMILES string of the molecule is CC[C@H](C)N(Cc1cc(NC(=O)CC(C)(C)C)ccc1N(C)C)C(=O)c1cccc(F)c1. The summed E-state index contributed by atoms with van der Waals surface area (Å²) in [5, 5.41) is 2.98. The van der Waals surface area contributed by atoms with Crippen LogP contribution in [0, 0.1) is 11.2 Å². The number of carbonyl (C=O) groups excluding carboxylic acids is 2. The van der Waals surface area contributed by atoms with Crippen molar-refractivity contribution < 1.29 is 14.0 Å². The van der Waals surface area contributed by atoms with Crippen molar-refractivity contribution in [3.05, 3.63) is 59.4 Å². The molecule has 6 heteroatoms. The minimum atomic E-state index is -0.433. The molecule has 0 aliphatic heterocycles. The summed E-state index contributed by atoms with van der Waals surface area (Å²) in [7, 11) is 3.89. The van der Waals surface area contributed by atoms with Gasteiger partial charge in [-0.3, -0.25) is 9.59 Å². The first kappa shape index (κ1) is 25.4.